The first-order chi connectivity index (χ1) is 15.8. The Balaban J connectivity index is 1.80. The van der Waals surface area contributed by atoms with Crippen LogP contribution in [0.5, 0.6) is 11.5 Å². The molecule has 1 N–H and O–H groups in total. The second kappa shape index (κ2) is 10.7. The van der Waals surface area contributed by atoms with Gasteiger partial charge in [0.05, 0.1) is 12.7 Å². The minimum atomic E-state index is -0.635. The van der Waals surface area contributed by atoms with Crippen LogP contribution in [-0.2, 0) is 4.79 Å². The van der Waals surface area contributed by atoms with Gasteiger partial charge in [0.25, 0.3) is 5.91 Å². The normalized spacial score (nSPS) is 10.8. The van der Waals surface area contributed by atoms with Gasteiger partial charge in [-0.15, -0.1) is 0 Å². The van der Waals surface area contributed by atoms with E-state index in [2.05, 4.69) is 5.32 Å². The van der Waals surface area contributed by atoms with Crippen LogP contribution in [0.25, 0.3) is 6.08 Å². The standard InChI is InChI=1S/C25H18Cl2N2O4/c1-15-3-6-17(7-4-15)25(31)33-22-8-5-16(10-23(22)32-2)9-18(14-28)24(30)29-21-12-19(26)11-20(27)13-21/h3-13H,1-2H3,(H,29,30). The van der Waals surface area contributed by atoms with Crippen LogP contribution in [0.3, 0.4) is 0 Å². The number of carbonyl (C=O) groups excluding carboxylic acids is 2. The van der Waals surface area contributed by atoms with Gasteiger partial charge in [0, 0.05) is 15.7 Å². The van der Waals surface area contributed by atoms with Crippen molar-refractivity contribution < 1.29 is 19.1 Å². The first-order valence-corrected chi connectivity index (χ1v) is 10.4. The molecule has 0 spiro atoms. The number of hydrogen-bond donors (Lipinski definition) is 1. The Morgan fingerprint density at radius 3 is 2.24 bits per heavy atom. The van der Waals surface area contributed by atoms with Crippen LogP contribution < -0.4 is 14.8 Å². The van der Waals surface area contributed by atoms with Gasteiger partial charge in [-0.2, -0.15) is 5.26 Å². The van der Waals surface area contributed by atoms with E-state index in [1.165, 1.54) is 37.5 Å². The third-order valence-electron chi connectivity index (χ3n) is 4.47. The number of halogens is 2. The number of rotatable bonds is 6. The third kappa shape index (κ3) is 6.36. The molecule has 0 heterocycles. The highest BCUT2D eigenvalue weighted by atomic mass is 35.5. The molecule has 6 nitrogen and oxygen atoms in total. The van der Waals surface area contributed by atoms with Crippen LogP contribution in [0.1, 0.15) is 21.5 Å². The lowest BCUT2D eigenvalue weighted by atomic mass is 10.1. The minimum absolute atomic E-state index is 0.155. The molecule has 0 radical (unpaired) electrons. The Bertz CT molecular complexity index is 1260. The molecular weight excluding hydrogens is 463 g/mol. The van der Waals surface area contributed by atoms with Gasteiger partial charge in [-0.1, -0.05) is 47.0 Å². The van der Waals surface area contributed by atoms with Gasteiger partial charge in [0.15, 0.2) is 11.5 Å². The van der Waals surface area contributed by atoms with E-state index in [9.17, 15) is 14.9 Å². The van der Waals surface area contributed by atoms with E-state index in [0.29, 0.717) is 26.9 Å². The maximum Gasteiger partial charge on any atom is 0.343 e. The summed E-state index contributed by atoms with van der Waals surface area (Å²) >= 11 is 11.9. The van der Waals surface area contributed by atoms with Crippen LogP contribution in [0.4, 0.5) is 5.69 Å². The van der Waals surface area contributed by atoms with E-state index in [4.69, 9.17) is 32.7 Å². The molecule has 0 atom stereocenters. The fraction of sp³-hybridized carbons (Fsp3) is 0.0800. The monoisotopic (exact) mass is 480 g/mol. The fourth-order valence-corrected chi connectivity index (χ4v) is 3.37. The number of anilines is 1. The zero-order valence-corrected chi connectivity index (χ0v) is 19.2. The molecule has 8 heteroatoms. The molecule has 166 valence electrons. The summed E-state index contributed by atoms with van der Waals surface area (Å²) < 4.78 is 10.8. The number of esters is 1. The van der Waals surface area contributed by atoms with Gasteiger partial charge in [0.1, 0.15) is 11.6 Å². The highest BCUT2D eigenvalue weighted by molar-refractivity contribution is 6.35. The number of amides is 1. The number of hydrogen-bond acceptors (Lipinski definition) is 5. The average molecular weight is 481 g/mol. The van der Waals surface area contributed by atoms with E-state index in [1.54, 1.807) is 24.3 Å². The Morgan fingerprint density at radius 2 is 1.64 bits per heavy atom. The second-order valence-electron chi connectivity index (χ2n) is 6.95. The highest BCUT2D eigenvalue weighted by Crippen LogP contribution is 2.30. The van der Waals surface area contributed by atoms with Crippen molar-refractivity contribution in [3.8, 4) is 17.6 Å². The molecule has 0 saturated heterocycles. The third-order valence-corrected chi connectivity index (χ3v) is 4.91. The van der Waals surface area contributed by atoms with Crippen molar-refractivity contribution in [3.05, 3.63) is 93.0 Å². The summed E-state index contributed by atoms with van der Waals surface area (Å²) in [5, 5.41) is 12.7. The zero-order valence-electron chi connectivity index (χ0n) is 17.7. The fourth-order valence-electron chi connectivity index (χ4n) is 2.85. The predicted octanol–water partition coefficient (Wildman–Crippen LogP) is 6.08. The molecule has 0 saturated carbocycles. The van der Waals surface area contributed by atoms with Gasteiger partial charge in [-0.3, -0.25) is 4.79 Å². The van der Waals surface area contributed by atoms with Crippen LogP contribution >= 0.6 is 23.2 Å². The molecule has 3 aromatic rings. The van der Waals surface area contributed by atoms with Crippen LogP contribution in [-0.4, -0.2) is 19.0 Å². The molecule has 0 bridgehead atoms. The van der Waals surface area contributed by atoms with Crippen LogP contribution in [0, 0.1) is 18.3 Å². The second-order valence-corrected chi connectivity index (χ2v) is 7.82. The summed E-state index contributed by atoms with van der Waals surface area (Å²) in [5.41, 5.74) is 2.12. The number of methoxy groups -OCH3 is 1. The molecule has 33 heavy (non-hydrogen) atoms. The van der Waals surface area contributed by atoms with E-state index < -0.39 is 11.9 Å². The first kappa shape index (κ1) is 23.9. The van der Waals surface area contributed by atoms with Crippen molar-refractivity contribution in [2.24, 2.45) is 0 Å². The summed E-state index contributed by atoms with van der Waals surface area (Å²) in [6.45, 7) is 1.92. The zero-order chi connectivity index (χ0) is 24.0. The van der Waals surface area contributed by atoms with Crippen molar-refractivity contribution in [2.75, 3.05) is 12.4 Å². The average Bonchev–Trinajstić information content (AvgIpc) is 2.77. The van der Waals surface area contributed by atoms with Crippen LogP contribution in [0.15, 0.2) is 66.2 Å². The smallest absolute Gasteiger partial charge is 0.343 e. The van der Waals surface area contributed by atoms with Gasteiger partial charge in [0.2, 0.25) is 0 Å². The van der Waals surface area contributed by atoms with Crippen molar-refractivity contribution in [1.29, 1.82) is 5.26 Å². The number of nitrogens with one attached hydrogen (secondary N) is 1. The van der Waals surface area contributed by atoms with Gasteiger partial charge >= 0.3 is 5.97 Å². The number of nitrogens with zero attached hydrogens (tertiary/aromatic N) is 1. The summed E-state index contributed by atoms with van der Waals surface area (Å²) in [7, 11) is 1.42. The quantitative estimate of drug-likeness (QED) is 0.200. The Labute approximate surface area is 201 Å². The SMILES string of the molecule is COc1cc(C=C(C#N)C(=O)Nc2cc(Cl)cc(Cl)c2)ccc1OC(=O)c1ccc(C)cc1. The number of benzene rings is 3. The summed E-state index contributed by atoms with van der Waals surface area (Å²) in [5.74, 6) is -0.696. The lowest BCUT2D eigenvalue weighted by molar-refractivity contribution is -0.112. The largest absolute Gasteiger partial charge is 0.493 e. The lowest BCUT2D eigenvalue weighted by Crippen LogP contribution is -2.13. The van der Waals surface area contributed by atoms with Crippen molar-refractivity contribution >= 4 is 46.8 Å². The van der Waals surface area contributed by atoms with Crippen molar-refractivity contribution in [2.45, 2.75) is 6.92 Å². The molecule has 0 aliphatic heterocycles. The highest BCUT2D eigenvalue weighted by Gasteiger charge is 2.15. The lowest BCUT2D eigenvalue weighted by Gasteiger charge is -2.10. The molecule has 0 aliphatic rings. The van der Waals surface area contributed by atoms with E-state index in [1.807, 2.05) is 25.1 Å². The number of ether oxygens (including phenoxy) is 2. The Kier molecular flexibility index (Phi) is 7.73. The van der Waals surface area contributed by atoms with Crippen LogP contribution in [0.2, 0.25) is 10.0 Å². The molecule has 1 amide bonds. The number of carbonyl (C=O) groups is 2. The molecule has 3 aromatic carbocycles. The molecule has 0 fully saturated rings. The van der Waals surface area contributed by atoms with E-state index in [-0.39, 0.29) is 17.1 Å². The van der Waals surface area contributed by atoms with E-state index in [0.717, 1.165) is 5.56 Å². The molecule has 0 aliphatic carbocycles. The molecular formula is C25H18Cl2N2O4. The molecule has 0 aromatic heterocycles. The van der Waals surface area contributed by atoms with Gasteiger partial charge < -0.3 is 14.8 Å². The molecule has 0 unspecified atom stereocenters. The van der Waals surface area contributed by atoms with Crippen molar-refractivity contribution in [1.82, 2.24) is 0 Å². The summed E-state index contributed by atoms with van der Waals surface area (Å²) in [6.07, 6.45) is 1.38. The maximum atomic E-state index is 12.5. The first-order valence-electron chi connectivity index (χ1n) is 9.65. The number of nitriles is 1. The number of aryl methyl sites for hydroxylation is 1. The maximum absolute atomic E-state index is 12.5. The van der Waals surface area contributed by atoms with E-state index >= 15 is 0 Å². The topological polar surface area (TPSA) is 88.4 Å². The minimum Gasteiger partial charge on any atom is -0.493 e. The van der Waals surface area contributed by atoms with Gasteiger partial charge in [-0.25, -0.2) is 4.79 Å². The summed E-state index contributed by atoms with van der Waals surface area (Å²) in [6, 6.07) is 18.1. The summed E-state index contributed by atoms with van der Waals surface area (Å²) in [4.78, 5) is 24.9. The van der Waals surface area contributed by atoms with Gasteiger partial charge in [-0.05, 0) is 61.0 Å². The Hall–Kier alpha value is -3.79. The Morgan fingerprint density at radius 1 is 0.970 bits per heavy atom. The molecule has 3 rings (SSSR count). The predicted molar refractivity (Wildman–Crippen MR) is 128 cm³/mol. The van der Waals surface area contributed by atoms with Crippen molar-refractivity contribution in [3.63, 3.8) is 0 Å².